The van der Waals surface area contributed by atoms with E-state index in [1.54, 1.807) is 16.2 Å². The van der Waals surface area contributed by atoms with E-state index >= 15 is 0 Å². The molecular formula is C11H15BrN2OS. The minimum atomic E-state index is 0.139. The molecule has 2 heterocycles. The standard InChI is InChI=1S/C11H15BrN2OS/c1-14(10-5-4-9(12)16-10)11(15)8-3-2-6-13-7-8/h4-5,8,13H,2-3,6-7H2,1H3. The van der Waals surface area contributed by atoms with Gasteiger partial charge in [-0.05, 0) is 47.4 Å². The Morgan fingerprint density at radius 3 is 3.00 bits per heavy atom. The molecule has 1 unspecified atom stereocenters. The highest BCUT2D eigenvalue weighted by molar-refractivity contribution is 9.11. The van der Waals surface area contributed by atoms with Crippen molar-refractivity contribution in [1.82, 2.24) is 5.32 Å². The third kappa shape index (κ3) is 2.64. The van der Waals surface area contributed by atoms with Crippen molar-refractivity contribution < 1.29 is 4.79 Å². The first-order valence-corrected chi connectivity index (χ1v) is 7.03. The van der Waals surface area contributed by atoms with E-state index in [0.29, 0.717) is 0 Å². The van der Waals surface area contributed by atoms with Crippen molar-refractivity contribution in [3.63, 3.8) is 0 Å². The first kappa shape index (κ1) is 12.1. The summed E-state index contributed by atoms with van der Waals surface area (Å²) in [6.07, 6.45) is 2.10. The van der Waals surface area contributed by atoms with Crippen LogP contribution in [0.1, 0.15) is 12.8 Å². The summed E-state index contributed by atoms with van der Waals surface area (Å²) < 4.78 is 1.06. The van der Waals surface area contributed by atoms with Gasteiger partial charge in [-0.15, -0.1) is 11.3 Å². The van der Waals surface area contributed by atoms with Crippen LogP contribution >= 0.6 is 27.3 Å². The van der Waals surface area contributed by atoms with E-state index < -0.39 is 0 Å². The second kappa shape index (κ2) is 5.29. The lowest BCUT2D eigenvalue weighted by molar-refractivity contribution is -0.122. The van der Waals surface area contributed by atoms with Crippen molar-refractivity contribution >= 4 is 38.2 Å². The molecule has 1 fully saturated rings. The number of halogens is 1. The minimum absolute atomic E-state index is 0.139. The fourth-order valence-electron chi connectivity index (χ4n) is 1.93. The number of nitrogens with zero attached hydrogens (tertiary/aromatic N) is 1. The Balaban J connectivity index is 2.03. The number of thiophene rings is 1. The van der Waals surface area contributed by atoms with Gasteiger partial charge in [-0.25, -0.2) is 0 Å². The molecule has 0 saturated carbocycles. The van der Waals surface area contributed by atoms with E-state index in [2.05, 4.69) is 21.2 Å². The van der Waals surface area contributed by atoms with Crippen molar-refractivity contribution in [1.29, 1.82) is 0 Å². The van der Waals surface area contributed by atoms with Crippen molar-refractivity contribution in [3.05, 3.63) is 15.9 Å². The molecule has 0 spiro atoms. The molecule has 1 aromatic rings. The maximum Gasteiger partial charge on any atom is 0.231 e. The van der Waals surface area contributed by atoms with Gasteiger partial charge in [0.1, 0.15) is 0 Å². The first-order valence-electron chi connectivity index (χ1n) is 5.42. The quantitative estimate of drug-likeness (QED) is 0.910. The van der Waals surface area contributed by atoms with Crippen LogP contribution in [0.4, 0.5) is 5.00 Å². The molecule has 88 valence electrons. The number of carbonyl (C=O) groups excluding carboxylic acids is 1. The molecular weight excluding hydrogens is 288 g/mol. The van der Waals surface area contributed by atoms with Gasteiger partial charge in [0.25, 0.3) is 0 Å². The number of hydrogen-bond acceptors (Lipinski definition) is 3. The maximum absolute atomic E-state index is 12.2. The number of rotatable bonds is 2. The Labute approximate surface area is 108 Å². The smallest absolute Gasteiger partial charge is 0.231 e. The molecule has 0 bridgehead atoms. The molecule has 1 aromatic heterocycles. The van der Waals surface area contributed by atoms with Gasteiger partial charge in [0.15, 0.2) is 0 Å². The zero-order chi connectivity index (χ0) is 11.5. The number of anilines is 1. The van der Waals surface area contributed by atoms with Gasteiger partial charge in [-0.3, -0.25) is 4.79 Å². The number of amides is 1. The predicted molar refractivity (Wildman–Crippen MR) is 71.0 cm³/mol. The molecule has 2 rings (SSSR count). The fourth-order valence-corrected chi connectivity index (χ4v) is 3.26. The number of hydrogen-bond donors (Lipinski definition) is 1. The van der Waals surface area contributed by atoms with Crippen LogP contribution in [0.15, 0.2) is 15.9 Å². The highest BCUT2D eigenvalue weighted by atomic mass is 79.9. The number of carbonyl (C=O) groups is 1. The molecule has 16 heavy (non-hydrogen) atoms. The molecule has 3 nitrogen and oxygen atoms in total. The summed E-state index contributed by atoms with van der Waals surface area (Å²) in [7, 11) is 1.86. The van der Waals surface area contributed by atoms with E-state index in [0.717, 1.165) is 34.7 Å². The SMILES string of the molecule is CN(C(=O)C1CCCNC1)c1ccc(Br)s1. The summed E-state index contributed by atoms with van der Waals surface area (Å²) in [5, 5.41) is 4.28. The van der Waals surface area contributed by atoms with Crippen molar-refractivity contribution in [2.75, 3.05) is 25.0 Å². The highest BCUT2D eigenvalue weighted by Gasteiger charge is 2.25. The second-order valence-corrected chi connectivity index (χ2v) is 6.46. The molecule has 1 aliphatic rings. The van der Waals surface area contributed by atoms with Crippen molar-refractivity contribution in [3.8, 4) is 0 Å². The number of nitrogens with one attached hydrogen (secondary N) is 1. The molecule has 0 aliphatic carbocycles. The molecule has 1 atom stereocenters. The van der Waals surface area contributed by atoms with Crippen LogP contribution < -0.4 is 10.2 Å². The Morgan fingerprint density at radius 2 is 2.44 bits per heavy atom. The zero-order valence-corrected chi connectivity index (χ0v) is 11.6. The molecule has 1 N–H and O–H groups in total. The lowest BCUT2D eigenvalue weighted by Crippen LogP contribution is -2.41. The number of piperidine rings is 1. The summed E-state index contributed by atoms with van der Waals surface area (Å²) in [6.45, 7) is 1.85. The third-order valence-corrected chi connectivity index (χ3v) is 4.57. The molecule has 1 amide bonds. The van der Waals surface area contributed by atoms with E-state index in [-0.39, 0.29) is 11.8 Å². The summed E-state index contributed by atoms with van der Waals surface area (Å²) >= 11 is 5.00. The second-order valence-electron chi connectivity index (χ2n) is 4.02. The van der Waals surface area contributed by atoms with Crippen LogP contribution in [0.25, 0.3) is 0 Å². The molecule has 0 radical (unpaired) electrons. The van der Waals surface area contributed by atoms with E-state index in [4.69, 9.17) is 0 Å². The van der Waals surface area contributed by atoms with Crippen molar-refractivity contribution in [2.45, 2.75) is 12.8 Å². The van der Waals surface area contributed by atoms with Gasteiger partial charge in [0, 0.05) is 13.6 Å². The third-order valence-electron chi connectivity index (χ3n) is 2.87. The van der Waals surface area contributed by atoms with Crippen LogP contribution in [0.5, 0.6) is 0 Å². The summed E-state index contributed by atoms with van der Waals surface area (Å²) in [5.74, 6) is 0.362. The lowest BCUT2D eigenvalue weighted by atomic mass is 9.98. The molecule has 1 saturated heterocycles. The summed E-state index contributed by atoms with van der Waals surface area (Å²) in [4.78, 5) is 14.0. The Hall–Kier alpha value is -0.390. The van der Waals surface area contributed by atoms with Crippen LogP contribution in [0.3, 0.4) is 0 Å². The average Bonchev–Trinajstić information content (AvgIpc) is 2.75. The Kier molecular flexibility index (Phi) is 4.00. The largest absolute Gasteiger partial charge is 0.316 e. The minimum Gasteiger partial charge on any atom is -0.316 e. The average molecular weight is 303 g/mol. The Bertz CT molecular complexity index is 374. The highest BCUT2D eigenvalue weighted by Crippen LogP contribution is 2.30. The molecule has 1 aliphatic heterocycles. The lowest BCUT2D eigenvalue weighted by Gasteiger charge is -2.26. The van der Waals surface area contributed by atoms with E-state index in [1.165, 1.54) is 0 Å². The van der Waals surface area contributed by atoms with Crippen LogP contribution in [-0.4, -0.2) is 26.0 Å². The first-order chi connectivity index (χ1) is 7.68. The van der Waals surface area contributed by atoms with Crippen LogP contribution in [-0.2, 0) is 4.79 Å². The molecule has 0 aromatic carbocycles. The summed E-state index contributed by atoms with van der Waals surface area (Å²) in [6, 6.07) is 3.95. The monoisotopic (exact) mass is 302 g/mol. The predicted octanol–water partition coefficient (Wildman–Crippen LogP) is 2.47. The van der Waals surface area contributed by atoms with E-state index in [1.807, 2.05) is 19.2 Å². The molecule has 5 heteroatoms. The topological polar surface area (TPSA) is 32.3 Å². The van der Waals surface area contributed by atoms with Crippen molar-refractivity contribution in [2.24, 2.45) is 5.92 Å². The fraction of sp³-hybridized carbons (Fsp3) is 0.545. The van der Waals surface area contributed by atoms with Gasteiger partial charge in [0.2, 0.25) is 5.91 Å². The zero-order valence-electron chi connectivity index (χ0n) is 9.20. The van der Waals surface area contributed by atoms with Gasteiger partial charge >= 0.3 is 0 Å². The van der Waals surface area contributed by atoms with Gasteiger partial charge in [0.05, 0.1) is 14.7 Å². The van der Waals surface area contributed by atoms with E-state index in [9.17, 15) is 4.79 Å². The van der Waals surface area contributed by atoms with Gasteiger partial charge in [-0.1, -0.05) is 0 Å². The van der Waals surface area contributed by atoms with Gasteiger partial charge < -0.3 is 10.2 Å². The normalized spacial score (nSPS) is 20.8. The van der Waals surface area contributed by atoms with Gasteiger partial charge in [-0.2, -0.15) is 0 Å². The summed E-state index contributed by atoms with van der Waals surface area (Å²) in [5.41, 5.74) is 0. The van der Waals surface area contributed by atoms with Crippen LogP contribution in [0.2, 0.25) is 0 Å². The van der Waals surface area contributed by atoms with Crippen LogP contribution in [0, 0.1) is 5.92 Å². The maximum atomic E-state index is 12.2. The Morgan fingerprint density at radius 1 is 1.62 bits per heavy atom.